The van der Waals surface area contributed by atoms with Gasteiger partial charge in [-0.3, -0.25) is 9.69 Å². The first kappa shape index (κ1) is 23.9. The van der Waals surface area contributed by atoms with Crippen molar-refractivity contribution in [2.45, 2.75) is 19.4 Å². The van der Waals surface area contributed by atoms with E-state index in [1.165, 1.54) is 5.56 Å². The predicted octanol–water partition coefficient (Wildman–Crippen LogP) is 2.02. The standard InChI is InChI=1S/C23H27N9O.ClH/c24-13-16-5-9-32(10-6-16)23-28-19-14-26-30-22(33)20(19)21(29-23)27-18-3-1-17(2-4-18)15-31-11-7-25-8-12-31;/h1-4,14,16,25H,5-12,15H2,(H,30,33)(H,27,28,29);1H. The molecular formula is C23H28ClN9O. The van der Waals surface area contributed by atoms with Crippen LogP contribution in [-0.4, -0.2) is 64.3 Å². The number of nitrogens with zero attached hydrogens (tertiary/aromatic N) is 6. The molecule has 0 bridgehead atoms. The number of piperazine rings is 1. The van der Waals surface area contributed by atoms with Crippen LogP contribution in [0.5, 0.6) is 0 Å². The summed E-state index contributed by atoms with van der Waals surface area (Å²) in [5.74, 6) is 1.07. The van der Waals surface area contributed by atoms with Crippen LogP contribution < -0.4 is 21.1 Å². The van der Waals surface area contributed by atoms with Gasteiger partial charge in [-0.05, 0) is 30.5 Å². The summed E-state index contributed by atoms with van der Waals surface area (Å²) in [4.78, 5) is 26.3. The molecule has 0 unspecified atom stereocenters. The van der Waals surface area contributed by atoms with Crippen molar-refractivity contribution in [3.8, 4) is 6.07 Å². The first-order valence-electron chi connectivity index (χ1n) is 11.4. The molecule has 0 atom stereocenters. The molecule has 0 amide bonds. The molecule has 1 aromatic carbocycles. The van der Waals surface area contributed by atoms with E-state index < -0.39 is 0 Å². The Labute approximate surface area is 203 Å². The maximum atomic E-state index is 12.5. The Morgan fingerprint density at radius 1 is 1.09 bits per heavy atom. The van der Waals surface area contributed by atoms with Crippen LogP contribution in [0.4, 0.5) is 17.5 Å². The number of hydrogen-bond donors (Lipinski definition) is 3. The van der Waals surface area contributed by atoms with Crippen molar-refractivity contribution in [1.29, 1.82) is 5.26 Å². The molecule has 0 radical (unpaired) electrons. The minimum Gasteiger partial charge on any atom is -0.341 e. The van der Waals surface area contributed by atoms with E-state index in [0.29, 0.717) is 35.8 Å². The highest BCUT2D eigenvalue weighted by molar-refractivity contribution is 5.90. The summed E-state index contributed by atoms with van der Waals surface area (Å²) in [6, 6.07) is 10.6. The number of halogens is 1. The van der Waals surface area contributed by atoms with Crippen molar-refractivity contribution in [1.82, 2.24) is 30.4 Å². The molecule has 2 aliphatic heterocycles. The summed E-state index contributed by atoms with van der Waals surface area (Å²) < 4.78 is 0. The van der Waals surface area contributed by atoms with Gasteiger partial charge in [-0.1, -0.05) is 12.1 Å². The smallest absolute Gasteiger partial charge is 0.277 e. The van der Waals surface area contributed by atoms with Gasteiger partial charge < -0.3 is 15.5 Å². The molecule has 2 fully saturated rings. The van der Waals surface area contributed by atoms with Gasteiger partial charge in [-0.2, -0.15) is 15.3 Å². The predicted molar refractivity (Wildman–Crippen MR) is 134 cm³/mol. The highest BCUT2D eigenvalue weighted by Gasteiger charge is 2.22. The molecule has 11 heteroatoms. The summed E-state index contributed by atoms with van der Waals surface area (Å²) in [7, 11) is 0. The van der Waals surface area contributed by atoms with Crippen LogP contribution in [0.1, 0.15) is 18.4 Å². The van der Waals surface area contributed by atoms with Crippen molar-refractivity contribution in [2.75, 3.05) is 49.5 Å². The Morgan fingerprint density at radius 2 is 1.82 bits per heavy atom. The summed E-state index contributed by atoms with van der Waals surface area (Å²) in [5, 5.41) is 22.6. The number of nitriles is 1. The molecule has 4 heterocycles. The van der Waals surface area contributed by atoms with Crippen molar-refractivity contribution in [3.05, 3.63) is 46.4 Å². The first-order valence-corrected chi connectivity index (χ1v) is 11.4. The Bertz CT molecular complexity index is 1210. The molecule has 178 valence electrons. The molecule has 0 spiro atoms. The van der Waals surface area contributed by atoms with E-state index in [2.05, 4.69) is 53.8 Å². The first-order chi connectivity index (χ1) is 16.2. The largest absolute Gasteiger partial charge is 0.341 e. The van der Waals surface area contributed by atoms with Crippen LogP contribution in [0.25, 0.3) is 10.9 Å². The van der Waals surface area contributed by atoms with Crippen LogP contribution in [0, 0.1) is 17.2 Å². The lowest BCUT2D eigenvalue weighted by atomic mass is 9.99. The number of aromatic nitrogens is 4. The number of H-pyrrole nitrogens is 1. The van der Waals surface area contributed by atoms with Crippen LogP contribution in [0.15, 0.2) is 35.3 Å². The quantitative estimate of drug-likeness (QED) is 0.501. The third-order valence-electron chi connectivity index (χ3n) is 6.30. The van der Waals surface area contributed by atoms with Gasteiger partial charge in [-0.15, -0.1) is 12.4 Å². The summed E-state index contributed by atoms with van der Waals surface area (Å²) in [6.07, 6.45) is 3.11. The number of fused-ring (bicyclic) bond motifs is 1. The molecule has 10 nitrogen and oxygen atoms in total. The molecule has 2 saturated heterocycles. The van der Waals surface area contributed by atoms with Crippen LogP contribution in [0.3, 0.4) is 0 Å². The summed E-state index contributed by atoms with van der Waals surface area (Å²) >= 11 is 0. The van der Waals surface area contributed by atoms with Gasteiger partial charge in [0.15, 0.2) is 0 Å². The van der Waals surface area contributed by atoms with Crippen LogP contribution >= 0.6 is 12.4 Å². The lowest BCUT2D eigenvalue weighted by molar-refractivity contribution is 0.233. The Hall–Kier alpha value is -3.26. The molecule has 0 aliphatic carbocycles. The molecule has 3 aromatic rings. The van der Waals surface area contributed by atoms with E-state index >= 15 is 0 Å². The van der Waals surface area contributed by atoms with Gasteiger partial charge in [0.25, 0.3) is 5.56 Å². The number of aromatic amines is 1. The summed E-state index contributed by atoms with van der Waals surface area (Å²) in [5.41, 5.74) is 2.26. The fourth-order valence-corrected chi connectivity index (χ4v) is 4.39. The third kappa shape index (κ3) is 5.28. The lowest BCUT2D eigenvalue weighted by Crippen LogP contribution is -2.42. The highest BCUT2D eigenvalue weighted by Crippen LogP contribution is 2.26. The maximum absolute atomic E-state index is 12.5. The second-order valence-electron chi connectivity index (χ2n) is 8.57. The van der Waals surface area contributed by atoms with Gasteiger partial charge in [0.1, 0.15) is 16.7 Å². The highest BCUT2D eigenvalue weighted by atomic mass is 35.5. The Morgan fingerprint density at radius 3 is 2.53 bits per heavy atom. The van der Waals surface area contributed by atoms with Crippen LogP contribution in [-0.2, 0) is 6.54 Å². The second-order valence-corrected chi connectivity index (χ2v) is 8.57. The van der Waals surface area contributed by atoms with Crippen LogP contribution in [0.2, 0.25) is 0 Å². The number of benzene rings is 1. The van der Waals surface area contributed by atoms with Crippen molar-refractivity contribution >= 4 is 40.8 Å². The van der Waals surface area contributed by atoms with E-state index in [9.17, 15) is 10.1 Å². The zero-order valence-electron chi connectivity index (χ0n) is 18.8. The average Bonchev–Trinajstić information content (AvgIpc) is 2.86. The van der Waals surface area contributed by atoms with Crippen molar-refractivity contribution in [3.63, 3.8) is 0 Å². The monoisotopic (exact) mass is 481 g/mol. The molecular weight excluding hydrogens is 454 g/mol. The zero-order valence-corrected chi connectivity index (χ0v) is 19.6. The third-order valence-corrected chi connectivity index (χ3v) is 6.30. The fraction of sp³-hybridized carbons (Fsp3) is 0.435. The number of piperidine rings is 1. The number of nitrogens with one attached hydrogen (secondary N) is 3. The van der Waals surface area contributed by atoms with E-state index in [0.717, 1.165) is 51.3 Å². The average molecular weight is 482 g/mol. The van der Waals surface area contributed by atoms with E-state index in [1.807, 2.05) is 12.1 Å². The van der Waals surface area contributed by atoms with Gasteiger partial charge >= 0.3 is 0 Å². The van der Waals surface area contributed by atoms with E-state index in [-0.39, 0.29) is 23.9 Å². The Kier molecular flexibility index (Phi) is 7.57. The SMILES string of the molecule is Cl.N#CC1CCN(c2nc(Nc3ccc(CN4CCNCC4)cc3)c3c(=O)[nH]ncc3n2)CC1. The molecule has 0 saturated carbocycles. The van der Waals surface area contributed by atoms with Crippen molar-refractivity contribution in [2.24, 2.45) is 5.92 Å². The number of rotatable bonds is 5. The van der Waals surface area contributed by atoms with Gasteiger partial charge in [-0.25, -0.2) is 10.1 Å². The maximum Gasteiger partial charge on any atom is 0.277 e. The minimum atomic E-state index is -0.333. The summed E-state index contributed by atoms with van der Waals surface area (Å²) in [6.45, 7) is 6.50. The Balaban J connectivity index is 0.00000274. The van der Waals surface area contributed by atoms with Gasteiger partial charge in [0, 0.05) is 57.4 Å². The molecule has 2 aliphatic rings. The lowest BCUT2D eigenvalue weighted by Gasteiger charge is -2.29. The normalized spacial score (nSPS) is 17.2. The number of hydrogen-bond acceptors (Lipinski definition) is 9. The molecule has 34 heavy (non-hydrogen) atoms. The second kappa shape index (κ2) is 10.8. The topological polar surface area (TPSA) is 126 Å². The fourth-order valence-electron chi connectivity index (χ4n) is 4.39. The molecule has 3 N–H and O–H groups in total. The van der Waals surface area contributed by atoms with Gasteiger partial charge in [0.2, 0.25) is 5.95 Å². The van der Waals surface area contributed by atoms with Gasteiger partial charge in [0.05, 0.1) is 12.3 Å². The van der Waals surface area contributed by atoms with E-state index in [4.69, 9.17) is 4.98 Å². The minimum absolute atomic E-state index is 0. The zero-order chi connectivity index (χ0) is 22.6. The number of anilines is 3. The molecule has 5 rings (SSSR count). The van der Waals surface area contributed by atoms with Crippen molar-refractivity contribution < 1.29 is 0 Å². The van der Waals surface area contributed by atoms with E-state index in [1.54, 1.807) is 6.20 Å². The molecule has 2 aromatic heterocycles.